The first kappa shape index (κ1) is 15.1. The molecule has 0 heterocycles. The molecule has 0 bridgehead atoms. The van der Waals surface area contributed by atoms with Gasteiger partial charge in [-0.2, -0.15) is 5.26 Å². The largest absolute Gasteiger partial charge is 0.310 e. The summed E-state index contributed by atoms with van der Waals surface area (Å²) >= 11 is 0. The molecule has 2 nitrogen and oxygen atoms in total. The van der Waals surface area contributed by atoms with Crippen LogP contribution in [0.2, 0.25) is 0 Å². The van der Waals surface area contributed by atoms with Gasteiger partial charge in [-0.1, -0.05) is 38.1 Å². The van der Waals surface area contributed by atoms with E-state index in [1.54, 1.807) is 0 Å². The number of nitrogens with zero attached hydrogens (tertiary/aromatic N) is 1. The molecule has 1 fully saturated rings. The molecule has 0 spiro atoms. The van der Waals surface area contributed by atoms with Gasteiger partial charge in [0.1, 0.15) is 0 Å². The van der Waals surface area contributed by atoms with E-state index in [1.165, 1.54) is 36.8 Å². The van der Waals surface area contributed by atoms with Crippen molar-refractivity contribution in [2.75, 3.05) is 0 Å². The quantitative estimate of drug-likeness (QED) is 0.870. The summed E-state index contributed by atoms with van der Waals surface area (Å²) in [4.78, 5) is 0. The summed E-state index contributed by atoms with van der Waals surface area (Å²) in [5, 5.41) is 12.6. The molecule has 2 heteroatoms. The van der Waals surface area contributed by atoms with Crippen molar-refractivity contribution < 1.29 is 0 Å². The van der Waals surface area contributed by atoms with E-state index < -0.39 is 0 Å². The molecule has 20 heavy (non-hydrogen) atoms. The molecule has 0 unspecified atom stereocenters. The monoisotopic (exact) mass is 270 g/mol. The first-order valence-electron chi connectivity index (χ1n) is 7.84. The normalized spacial score (nSPS) is 26.1. The zero-order valence-corrected chi connectivity index (χ0v) is 12.8. The Morgan fingerprint density at radius 1 is 1.25 bits per heavy atom. The van der Waals surface area contributed by atoms with Gasteiger partial charge in [-0.3, -0.25) is 0 Å². The minimum atomic E-state index is 0.258. The smallest absolute Gasteiger partial charge is 0.0627 e. The topological polar surface area (TPSA) is 35.8 Å². The Hall–Kier alpha value is -1.33. The summed E-state index contributed by atoms with van der Waals surface area (Å²) in [6, 6.07) is 11.7. The van der Waals surface area contributed by atoms with Crippen molar-refractivity contribution >= 4 is 0 Å². The summed E-state index contributed by atoms with van der Waals surface area (Å²) in [5.41, 5.74) is 3.14. The second-order valence-electron chi connectivity index (χ2n) is 6.42. The maximum atomic E-state index is 8.89. The summed E-state index contributed by atoms with van der Waals surface area (Å²) < 4.78 is 0. The average Bonchev–Trinajstić information content (AvgIpc) is 2.47. The van der Waals surface area contributed by atoms with Crippen molar-refractivity contribution in [3.8, 4) is 6.07 Å². The van der Waals surface area contributed by atoms with E-state index in [4.69, 9.17) is 5.26 Å². The minimum Gasteiger partial charge on any atom is -0.310 e. The fourth-order valence-electron chi connectivity index (χ4n) is 3.22. The van der Waals surface area contributed by atoms with Crippen LogP contribution in [-0.4, -0.2) is 6.04 Å². The Kier molecular flexibility index (Phi) is 5.20. The first-order chi connectivity index (χ1) is 9.67. The van der Waals surface area contributed by atoms with Crippen LogP contribution >= 0.6 is 0 Å². The van der Waals surface area contributed by atoms with Crippen molar-refractivity contribution in [3.05, 3.63) is 35.4 Å². The standard InChI is InChI=1S/C18H26N2/c1-3-15-6-4-5-7-16(15)14-20-17-8-10-18(2,11-9-17)12-13-19/h4-7,17,20H,3,8-12,14H2,1-2H3/t17-,18+. The summed E-state index contributed by atoms with van der Waals surface area (Å²) in [5.74, 6) is 0. The molecule has 108 valence electrons. The third kappa shape index (κ3) is 3.84. The SMILES string of the molecule is CCc1ccccc1CN[C@H]1CC[C@@](C)(CC#N)CC1. The number of benzene rings is 1. The lowest BCUT2D eigenvalue weighted by Gasteiger charge is -2.36. The van der Waals surface area contributed by atoms with E-state index in [2.05, 4.69) is 49.5 Å². The van der Waals surface area contributed by atoms with Crippen molar-refractivity contribution in [3.63, 3.8) is 0 Å². The van der Waals surface area contributed by atoms with Gasteiger partial charge in [0.05, 0.1) is 6.07 Å². The first-order valence-corrected chi connectivity index (χ1v) is 7.84. The highest BCUT2D eigenvalue weighted by atomic mass is 14.9. The van der Waals surface area contributed by atoms with Gasteiger partial charge in [-0.05, 0) is 48.6 Å². The molecule has 1 aliphatic carbocycles. The van der Waals surface area contributed by atoms with E-state index in [-0.39, 0.29) is 5.41 Å². The van der Waals surface area contributed by atoms with Crippen LogP contribution in [-0.2, 0) is 13.0 Å². The highest BCUT2D eigenvalue weighted by Gasteiger charge is 2.30. The van der Waals surface area contributed by atoms with Crippen LogP contribution in [0, 0.1) is 16.7 Å². The van der Waals surface area contributed by atoms with Crippen LogP contribution in [0.1, 0.15) is 57.1 Å². The zero-order chi connectivity index (χ0) is 14.4. The third-order valence-corrected chi connectivity index (χ3v) is 4.78. The van der Waals surface area contributed by atoms with Crippen molar-refractivity contribution in [2.45, 2.75) is 65.0 Å². The maximum Gasteiger partial charge on any atom is 0.0627 e. The van der Waals surface area contributed by atoms with E-state index in [0.29, 0.717) is 12.5 Å². The van der Waals surface area contributed by atoms with Crippen molar-refractivity contribution in [1.29, 1.82) is 5.26 Å². The summed E-state index contributed by atoms with van der Waals surface area (Å²) in [7, 11) is 0. The zero-order valence-electron chi connectivity index (χ0n) is 12.8. The molecular formula is C18H26N2. The number of hydrogen-bond donors (Lipinski definition) is 1. The molecule has 1 saturated carbocycles. The van der Waals surface area contributed by atoms with Gasteiger partial charge in [0.2, 0.25) is 0 Å². The molecule has 1 aromatic rings. The van der Waals surface area contributed by atoms with Crippen molar-refractivity contribution in [2.24, 2.45) is 5.41 Å². The highest BCUT2D eigenvalue weighted by Crippen LogP contribution is 2.38. The number of nitrogens with one attached hydrogen (secondary N) is 1. The molecule has 0 radical (unpaired) electrons. The molecular weight excluding hydrogens is 244 g/mol. The Bertz CT molecular complexity index is 465. The van der Waals surface area contributed by atoms with Crippen LogP contribution in [0.3, 0.4) is 0 Å². The highest BCUT2D eigenvalue weighted by molar-refractivity contribution is 5.26. The van der Waals surface area contributed by atoms with Gasteiger partial charge in [-0.15, -0.1) is 0 Å². The number of rotatable bonds is 5. The molecule has 0 saturated heterocycles. The minimum absolute atomic E-state index is 0.258. The van der Waals surface area contributed by atoms with E-state index in [0.717, 1.165) is 13.0 Å². The Morgan fingerprint density at radius 2 is 1.90 bits per heavy atom. The van der Waals surface area contributed by atoms with Crippen molar-refractivity contribution in [1.82, 2.24) is 5.32 Å². The maximum absolute atomic E-state index is 8.89. The lowest BCUT2D eigenvalue weighted by molar-refractivity contribution is 0.188. The fourth-order valence-corrected chi connectivity index (χ4v) is 3.22. The predicted molar refractivity (Wildman–Crippen MR) is 83.3 cm³/mol. The van der Waals surface area contributed by atoms with Gasteiger partial charge in [0.15, 0.2) is 0 Å². The van der Waals surface area contributed by atoms with Gasteiger partial charge in [0, 0.05) is 19.0 Å². The van der Waals surface area contributed by atoms with Crippen LogP contribution < -0.4 is 5.32 Å². The second-order valence-corrected chi connectivity index (χ2v) is 6.42. The van der Waals surface area contributed by atoms with Gasteiger partial charge in [-0.25, -0.2) is 0 Å². The van der Waals surface area contributed by atoms with Crippen LogP contribution in [0.25, 0.3) is 0 Å². The van der Waals surface area contributed by atoms with Gasteiger partial charge in [0.25, 0.3) is 0 Å². The number of hydrogen-bond acceptors (Lipinski definition) is 2. The van der Waals surface area contributed by atoms with E-state index in [9.17, 15) is 0 Å². The second kappa shape index (κ2) is 6.90. The van der Waals surface area contributed by atoms with Gasteiger partial charge >= 0.3 is 0 Å². The molecule has 1 N–H and O–H groups in total. The summed E-state index contributed by atoms with van der Waals surface area (Å²) in [6.45, 7) is 5.45. The third-order valence-electron chi connectivity index (χ3n) is 4.78. The van der Waals surface area contributed by atoms with Crippen LogP contribution in [0.5, 0.6) is 0 Å². The molecule has 1 aliphatic rings. The fraction of sp³-hybridized carbons (Fsp3) is 0.611. The van der Waals surface area contributed by atoms with Crippen LogP contribution in [0.15, 0.2) is 24.3 Å². The van der Waals surface area contributed by atoms with E-state index in [1.807, 2.05) is 0 Å². The van der Waals surface area contributed by atoms with Gasteiger partial charge < -0.3 is 5.32 Å². The molecule has 0 aromatic heterocycles. The lowest BCUT2D eigenvalue weighted by Crippen LogP contribution is -2.36. The molecule has 2 rings (SSSR count). The number of aryl methyl sites for hydroxylation is 1. The number of nitriles is 1. The molecule has 0 amide bonds. The molecule has 0 aliphatic heterocycles. The average molecular weight is 270 g/mol. The Labute approximate surface area is 123 Å². The Balaban J connectivity index is 1.83. The summed E-state index contributed by atoms with van der Waals surface area (Å²) in [6.07, 6.45) is 6.56. The Morgan fingerprint density at radius 3 is 2.50 bits per heavy atom. The predicted octanol–water partition coefficient (Wildman–Crippen LogP) is 4.20. The lowest BCUT2D eigenvalue weighted by atomic mass is 9.72. The van der Waals surface area contributed by atoms with Crippen LogP contribution in [0.4, 0.5) is 0 Å². The molecule has 1 aromatic carbocycles. The van der Waals surface area contributed by atoms with E-state index >= 15 is 0 Å². The molecule has 0 atom stereocenters.